The first-order chi connectivity index (χ1) is 48.5. The van der Waals surface area contributed by atoms with Crippen LogP contribution in [-0.2, 0) is 102 Å². The highest BCUT2D eigenvalue weighted by Crippen LogP contribution is 2.41. The van der Waals surface area contributed by atoms with Crippen molar-refractivity contribution in [1.29, 1.82) is 0 Å². The Kier molecular flexibility index (Phi) is 30.8. The van der Waals surface area contributed by atoms with Gasteiger partial charge >= 0.3 is 12.1 Å². The molecule has 0 aromatic carbocycles. The summed E-state index contributed by atoms with van der Waals surface area (Å²) >= 11 is 0. The summed E-state index contributed by atoms with van der Waals surface area (Å²) in [6.07, 6.45) is -11.0. The molecule has 2 aromatic heterocycles. The van der Waals surface area contributed by atoms with Gasteiger partial charge in [0.15, 0.2) is 37.0 Å². The third-order valence-electron chi connectivity index (χ3n) is 21.3. The fourth-order valence-electron chi connectivity index (χ4n) is 15.6. The van der Waals surface area contributed by atoms with Gasteiger partial charge in [0, 0.05) is 18.9 Å². The molecule has 27 atom stereocenters. The van der Waals surface area contributed by atoms with E-state index in [0.717, 1.165) is 77.0 Å². The number of Topliss-reactive ketones (excluding diaryl/α,β-unsaturated/α-hetero) is 1. The first kappa shape index (κ1) is 80.5. The molecule has 1 amide bonds. The van der Waals surface area contributed by atoms with Crippen LogP contribution in [0.4, 0.5) is 0 Å². The van der Waals surface area contributed by atoms with E-state index in [1.54, 1.807) is 6.92 Å². The number of amides is 1. The Labute approximate surface area is 585 Å². The fraction of sp³-hybridized carbons (Fsp3) is 0.881. The van der Waals surface area contributed by atoms with E-state index in [9.17, 15) is 70.6 Å². The van der Waals surface area contributed by atoms with Gasteiger partial charge in [0.25, 0.3) is 0 Å². The second-order valence-electron chi connectivity index (χ2n) is 28.8. The van der Waals surface area contributed by atoms with Crippen LogP contribution in [0.2, 0.25) is 0 Å². The monoisotopic (exact) mass is 1440 g/mol. The third kappa shape index (κ3) is 21.4. The maximum absolute atomic E-state index is 14.4. The molecule has 12 N–H and O–H groups in total. The maximum Gasteiger partial charge on any atom is 0.373 e. The van der Waals surface area contributed by atoms with Crippen LogP contribution in [0.15, 0.2) is 12.4 Å². The second kappa shape index (κ2) is 38.6. The van der Waals surface area contributed by atoms with Crippen LogP contribution in [0.5, 0.6) is 0 Å². The van der Waals surface area contributed by atoms with Crippen molar-refractivity contribution in [1.82, 2.24) is 35.3 Å². The summed E-state index contributed by atoms with van der Waals surface area (Å²) in [6, 6.07) is -1.13. The number of aliphatic carboxylic acids is 1. The van der Waals surface area contributed by atoms with E-state index in [-0.39, 0.29) is 69.7 Å². The molecule has 2 aromatic rings. The Morgan fingerprint density at radius 1 is 0.564 bits per heavy atom. The van der Waals surface area contributed by atoms with Crippen LogP contribution >= 0.6 is 0 Å². The molecule has 0 radical (unpaired) electrons. The summed E-state index contributed by atoms with van der Waals surface area (Å²) in [6.45, 7) is 5.01. The number of carboxylic acid groups (broad SMARTS) is 1. The van der Waals surface area contributed by atoms with Gasteiger partial charge in [-0.25, -0.2) is 14.2 Å². The van der Waals surface area contributed by atoms with Crippen molar-refractivity contribution in [2.24, 2.45) is 29.6 Å². The molecule has 10 rings (SSSR count). The number of aliphatic hydroxyl groups excluding tert-OH is 10. The number of aliphatic hydroxyl groups is 10. The molecule has 4 aliphatic carbocycles. The lowest BCUT2D eigenvalue weighted by atomic mass is 9.83. The molecule has 0 spiro atoms. The minimum Gasteiger partial charge on any atom is -0.479 e. The van der Waals surface area contributed by atoms with Crippen molar-refractivity contribution in [3.8, 4) is 0 Å². The highest BCUT2D eigenvalue weighted by Gasteiger charge is 2.54. The fourth-order valence-corrected chi connectivity index (χ4v) is 15.6. The second-order valence-corrected chi connectivity index (χ2v) is 28.8. The van der Waals surface area contributed by atoms with Gasteiger partial charge in [0.05, 0.1) is 81.5 Å². The molecule has 34 heteroatoms. The summed E-state index contributed by atoms with van der Waals surface area (Å²) in [7, 11) is 0. The normalized spacial score (nSPS) is 38.6. The quantitative estimate of drug-likeness (QED) is 0.0456. The lowest BCUT2D eigenvalue weighted by Gasteiger charge is -2.48. The van der Waals surface area contributed by atoms with E-state index < -0.39 is 184 Å². The van der Waals surface area contributed by atoms with Crippen LogP contribution in [0.25, 0.3) is 0 Å². The summed E-state index contributed by atoms with van der Waals surface area (Å²) < 4.78 is 71.7. The molecule has 8 fully saturated rings. The van der Waals surface area contributed by atoms with E-state index in [1.165, 1.54) is 35.1 Å². The molecule has 4 aliphatic heterocycles. The highest BCUT2D eigenvalue weighted by atomic mass is 16.7. The molecule has 4 saturated carbocycles. The Bertz CT molecular complexity index is 2880. The predicted octanol–water partition coefficient (Wildman–Crippen LogP) is -0.781. The van der Waals surface area contributed by atoms with E-state index >= 15 is 0 Å². The summed E-state index contributed by atoms with van der Waals surface area (Å²) in [5.74, 6) is -3.31. The Balaban J connectivity index is 0.00000389. The average molecular weight is 1440 g/mol. The maximum atomic E-state index is 14.4. The molecular weight excluding hydrogens is 1330 g/mol. The number of ether oxygens (including phenoxy) is 11. The van der Waals surface area contributed by atoms with Gasteiger partial charge < -0.3 is 114 Å². The zero-order valence-electron chi connectivity index (χ0n) is 57.9. The van der Waals surface area contributed by atoms with Crippen molar-refractivity contribution in [2.45, 2.75) is 323 Å². The average Bonchev–Trinajstić information content (AvgIpc) is 1.50. The lowest BCUT2D eigenvalue weighted by molar-refractivity contribution is -0.342. The third-order valence-corrected chi connectivity index (χ3v) is 21.3. The van der Waals surface area contributed by atoms with Crippen molar-refractivity contribution in [2.75, 3.05) is 19.8 Å². The molecule has 0 bridgehead atoms. The number of carbonyl (C=O) groups excluding carboxylic acids is 4. The zero-order chi connectivity index (χ0) is 72.6. The van der Waals surface area contributed by atoms with E-state index in [2.05, 4.69) is 25.9 Å². The summed E-state index contributed by atoms with van der Waals surface area (Å²) in [4.78, 5) is 57.8. The van der Waals surface area contributed by atoms with Gasteiger partial charge in [-0.15, -0.1) is 10.2 Å². The molecule has 572 valence electrons. The van der Waals surface area contributed by atoms with Crippen molar-refractivity contribution >= 4 is 23.8 Å². The minimum atomic E-state index is -1.61. The Morgan fingerprint density at radius 3 is 1.56 bits per heavy atom. The van der Waals surface area contributed by atoms with Crippen molar-refractivity contribution in [3.63, 3.8) is 0 Å². The minimum absolute atomic E-state index is 0.0469. The number of nitrogens with zero attached hydrogens (tertiary/aromatic N) is 6. The predicted molar refractivity (Wildman–Crippen MR) is 341 cm³/mol. The topological polar surface area (TPSA) is 483 Å². The molecule has 6 heterocycles. The number of hydrogen-bond acceptors (Lipinski definition) is 30. The molecule has 4 saturated heterocycles. The van der Waals surface area contributed by atoms with Gasteiger partial charge in [0.2, 0.25) is 5.91 Å². The summed E-state index contributed by atoms with van der Waals surface area (Å²) in [5.41, 5.74) is 0.656. The van der Waals surface area contributed by atoms with E-state index in [0.29, 0.717) is 43.0 Å². The molecule has 8 aliphatic rings. The lowest BCUT2D eigenvalue weighted by Crippen LogP contribution is -2.67. The SMILES string of the molecule is C[C@@H]1O[C@@H](O[C@@H]2[C@@H](C)CCC[C@H]2O[C@@H]2O[C@H](CO)[C@H](O)[C@H](O[C@@H](CC3CCCCC3)C(=O)O)[C@H]2CC(=O)Cn2cc(COCc3cn(CC(=O)N[C@H]4[C@H](O[C@@H]5CCC[C@H](C)[C@H]5O[C@@H]5O[C@@H](C)[C@@H](O)[C@@H](O)[C@@H]5O)O[C@H](CO)[C@H](O)[C@@H]4OCCC4CCCCC4)nn3)nn2)[C@@H](O)[C@H](O)[C@@H]1O.O=C=O. The highest BCUT2D eigenvalue weighted by molar-refractivity contribution is 5.78. The van der Waals surface area contributed by atoms with Gasteiger partial charge in [-0.2, -0.15) is 9.59 Å². The zero-order valence-corrected chi connectivity index (χ0v) is 57.9. The Hall–Kier alpha value is -4.57. The number of rotatable bonds is 30. The number of aromatic nitrogens is 6. The van der Waals surface area contributed by atoms with E-state index in [4.69, 9.17) is 61.7 Å². The van der Waals surface area contributed by atoms with Crippen LogP contribution in [-0.4, -0.2) is 277 Å². The smallest absolute Gasteiger partial charge is 0.373 e. The number of carbonyl (C=O) groups is 3. The van der Waals surface area contributed by atoms with Gasteiger partial charge in [-0.05, 0) is 76.0 Å². The number of ketones is 1. The van der Waals surface area contributed by atoms with Crippen LogP contribution < -0.4 is 5.32 Å². The van der Waals surface area contributed by atoms with Crippen LogP contribution in [0.1, 0.15) is 161 Å². The number of hydrogen-bond donors (Lipinski definition) is 12. The molecule has 0 unspecified atom stereocenters. The molecule has 101 heavy (non-hydrogen) atoms. The van der Waals surface area contributed by atoms with Gasteiger partial charge in [0.1, 0.15) is 97.7 Å². The molecule has 34 nitrogen and oxygen atoms in total. The number of nitrogens with one attached hydrogen (secondary N) is 1. The van der Waals surface area contributed by atoms with E-state index in [1.807, 2.05) is 13.8 Å². The largest absolute Gasteiger partial charge is 0.479 e. The van der Waals surface area contributed by atoms with Gasteiger partial charge in [-0.1, -0.05) is 101 Å². The first-order valence-electron chi connectivity index (χ1n) is 36.0. The standard InChI is InChI=1S/C66H107N7O25.CO2/c1-33-13-11-19-43(58(33)97-65-56(84)54(82)50(78)35(3)90-65)93-63-42(60(52(80)46(29-74)95-63)92-45(62(86)87)23-38-17-9-6-10-18-38)24-41(76)27-72-25-39(68-70-72)31-88-32-40-26-73(71-69-40)28-48(77)67-49-61(89-22-21-37-15-7-5-8-16-37)53(81)47(30-75)96-64(49)94-44-20-12-14-34(2)59(44)98-66-57(85)55(83)51(79)36(4)91-66;2-1-3/h25-26,33-38,42-47,49-61,63-66,74-75,78-85H,5-24,27-32H2,1-4H3,(H,67,77)(H,86,87);/t33-,34-,35-,36-,42+,43+,44+,45-,46+,47+,49+,50+,51+,52-,53-,54+,55+,56-,57-,58+,59+,60+,61+,63+,64+,65-,66-;/m0./s1. The van der Waals surface area contributed by atoms with Crippen molar-refractivity contribution in [3.05, 3.63) is 23.8 Å². The van der Waals surface area contributed by atoms with Crippen LogP contribution in [0.3, 0.4) is 0 Å². The van der Waals surface area contributed by atoms with Crippen LogP contribution in [0, 0.1) is 29.6 Å². The van der Waals surface area contributed by atoms with Crippen molar-refractivity contribution < 1.29 is 132 Å². The van der Waals surface area contributed by atoms with Gasteiger partial charge in [-0.3, -0.25) is 9.59 Å². The first-order valence-corrected chi connectivity index (χ1v) is 36.0. The number of carboxylic acids is 1. The Morgan fingerprint density at radius 2 is 1.05 bits per heavy atom. The summed E-state index contributed by atoms with van der Waals surface area (Å²) in [5, 5.41) is 139. The molecular formula is C67H107N7O27.